The van der Waals surface area contributed by atoms with E-state index in [0.717, 1.165) is 37.3 Å². The van der Waals surface area contributed by atoms with E-state index in [2.05, 4.69) is 14.5 Å². The lowest BCUT2D eigenvalue weighted by Crippen LogP contribution is -2.39. The lowest BCUT2D eigenvalue weighted by molar-refractivity contribution is -0.123. The van der Waals surface area contributed by atoms with Gasteiger partial charge in [0.25, 0.3) is 0 Å². The molecule has 3 rings (SSSR count). The van der Waals surface area contributed by atoms with Crippen molar-refractivity contribution in [2.45, 2.75) is 25.4 Å². The molecule has 1 amide bonds. The highest BCUT2D eigenvalue weighted by Gasteiger charge is 2.27. The van der Waals surface area contributed by atoms with E-state index in [-0.39, 0.29) is 11.9 Å². The molecule has 2 atom stereocenters. The molecule has 0 unspecified atom stereocenters. The number of carbonyl (C=O) groups is 1. The highest BCUT2D eigenvalue weighted by atomic mass is 16.1. The van der Waals surface area contributed by atoms with Crippen LogP contribution in [0, 0.1) is 5.92 Å². The molecule has 22 heavy (non-hydrogen) atoms. The summed E-state index contributed by atoms with van der Waals surface area (Å²) in [5.74, 6) is 1.37. The predicted molar refractivity (Wildman–Crippen MR) is 85.0 cm³/mol. The van der Waals surface area contributed by atoms with Gasteiger partial charge in [-0.3, -0.25) is 9.69 Å². The summed E-state index contributed by atoms with van der Waals surface area (Å²) in [7, 11) is 1.98. The Morgan fingerprint density at radius 1 is 1.45 bits per heavy atom. The van der Waals surface area contributed by atoms with Crippen molar-refractivity contribution in [1.82, 2.24) is 14.5 Å². The summed E-state index contributed by atoms with van der Waals surface area (Å²) in [5, 5.41) is 0. The van der Waals surface area contributed by atoms with E-state index in [4.69, 9.17) is 5.73 Å². The Balaban J connectivity index is 1.70. The molecule has 2 aromatic rings. The van der Waals surface area contributed by atoms with E-state index in [9.17, 15) is 4.79 Å². The third kappa shape index (κ3) is 3.04. The van der Waals surface area contributed by atoms with Gasteiger partial charge in [-0.25, -0.2) is 4.98 Å². The van der Waals surface area contributed by atoms with Crippen molar-refractivity contribution in [3.63, 3.8) is 0 Å². The summed E-state index contributed by atoms with van der Waals surface area (Å²) in [6.07, 6.45) is 5.99. The predicted octanol–water partition coefficient (Wildman–Crippen LogP) is 1.60. The first-order valence-electron chi connectivity index (χ1n) is 7.69. The van der Waals surface area contributed by atoms with Crippen molar-refractivity contribution < 1.29 is 4.79 Å². The van der Waals surface area contributed by atoms with Crippen LogP contribution in [-0.4, -0.2) is 34.0 Å². The van der Waals surface area contributed by atoms with Crippen LogP contribution < -0.4 is 5.73 Å². The van der Waals surface area contributed by atoms with Gasteiger partial charge in [-0.15, -0.1) is 0 Å². The maximum absolute atomic E-state index is 11.9. The lowest BCUT2D eigenvalue weighted by Gasteiger charge is -2.32. The van der Waals surface area contributed by atoms with Crippen molar-refractivity contribution in [1.29, 1.82) is 0 Å². The second kappa shape index (κ2) is 6.32. The fourth-order valence-electron chi connectivity index (χ4n) is 3.37. The Kier molecular flexibility index (Phi) is 4.24. The first-order chi connectivity index (χ1) is 10.6. The number of nitrogens with two attached hydrogens (primary N) is 1. The standard InChI is InChI=1S/C17H22N4O/c1-20(16(17(18)22)14-5-3-2-4-6-14)11-13-7-8-15-19-9-10-21(15)12-13/h2-6,9-10,13,16H,7-8,11-12H2,1H3,(H2,18,22)/t13-,16+/m1/s1. The van der Waals surface area contributed by atoms with Crippen molar-refractivity contribution >= 4 is 5.91 Å². The summed E-state index contributed by atoms with van der Waals surface area (Å²) in [6, 6.07) is 9.38. The zero-order valence-electron chi connectivity index (χ0n) is 12.9. The average Bonchev–Trinajstić information content (AvgIpc) is 2.95. The number of carbonyl (C=O) groups excluding carboxylic acids is 1. The van der Waals surface area contributed by atoms with Crippen molar-refractivity contribution in [3.05, 3.63) is 54.1 Å². The molecule has 0 saturated heterocycles. The van der Waals surface area contributed by atoms with Crippen molar-refractivity contribution in [3.8, 4) is 0 Å². The summed E-state index contributed by atoms with van der Waals surface area (Å²) in [5.41, 5.74) is 6.59. The number of amides is 1. The molecule has 1 aromatic heterocycles. The Morgan fingerprint density at radius 2 is 2.23 bits per heavy atom. The molecule has 5 heteroatoms. The maximum Gasteiger partial charge on any atom is 0.239 e. The normalized spacial score (nSPS) is 18.9. The fraction of sp³-hybridized carbons (Fsp3) is 0.412. The van der Waals surface area contributed by atoms with Crippen LogP contribution in [-0.2, 0) is 17.8 Å². The Labute approximate surface area is 130 Å². The molecule has 0 spiro atoms. The van der Waals surface area contributed by atoms with Crippen LogP contribution in [0.3, 0.4) is 0 Å². The summed E-state index contributed by atoms with van der Waals surface area (Å²) in [6.45, 7) is 1.81. The molecule has 0 bridgehead atoms. The molecule has 0 aliphatic carbocycles. The third-order valence-corrected chi connectivity index (χ3v) is 4.40. The van der Waals surface area contributed by atoms with Gasteiger partial charge in [0.15, 0.2) is 0 Å². The second-order valence-corrected chi connectivity index (χ2v) is 6.06. The topological polar surface area (TPSA) is 64.2 Å². The molecular formula is C17H22N4O. The zero-order chi connectivity index (χ0) is 15.5. The number of aromatic nitrogens is 2. The van der Waals surface area contributed by atoms with E-state index in [0.29, 0.717) is 5.92 Å². The fourth-order valence-corrected chi connectivity index (χ4v) is 3.37. The number of hydrogen-bond acceptors (Lipinski definition) is 3. The molecule has 0 fully saturated rings. The SMILES string of the molecule is CN(C[C@H]1CCc2nccn2C1)[C@H](C(N)=O)c1ccccc1. The lowest BCUT2D eigenvalue weighted by atomic mass is 9.97. The van der Waals surface area contributed by atoms with Crippen LogP contribution in [0.25, 0.3) is 0 Å². The van der Waals surface area contributed by atoms with E-state index in [1.54, 1.807) is 0 Å². The van der Waals surface area contributed by atoms with E-state index in [1.807, 2.05) is 49.8 Å². The summed E-state index contributed by atoms with van der Waals surface area (Å²) < 4.78 is 2.21. The molecule has 1 aliphatic rings. The van der Waals surface area contributed by atoms with Gasteiger partial charge in [-0.05, 0) is 24.9 Å². The smallest absolute Gasteiger partial charge is 0.239 e. The Bertz CT molecular complexity index is 637. The Morgan fingerprint density at radius 3 is 2.95 bits per heavy atom. The van der Waals surface area contributed by atoms with Crippen LogP contribution >= 0.6 is 0 Å². The third-order valence-electron chi connectivity index (χ3n) is 4.40. The van der Waals surface area contributed by atoms with Gasteiger partial charge in [-0.2, -0.15) is 0 Å². The number of fused-ring (bicyclic) bond motifs is 1. The number of hydrogen-bond donors (Lipinski definition) is 1. The van der Waals surface area contributed by atoms with Crippen LogP contribution in [0.2, 0.25) is 0 Å². The van der Waals surface area contributed by atoms with Crippen LogP contribution in [0.1, 0.15) is 23.9 Å². The molecule has 1 aliphatic heterocycles. The number of primary amides is 1. The molecule has 0 saturated carbocycles. The van der Waals surface area contributed by atoms with Crippen LogP contribution in [0.4, 0.5) is 0 Å². The number of nitrogens with zero attached hydrogens (tertiary/aromatic N) is 3. The van der Waals surface area contributed by atoms with E-state index in [1.165, 1.54) is 0 Å². The van der Waals surface area contributed by atoms with Gasteiger partial charge in [0, 0.05) is 31.9 Å². The molecule has 0 radical (unpaired) electrons. The minimum atomic E-state index is -0.370. The first-order valence-corrected chi connectivity index (χ1v) is 7.69. The van der Waals surface area contributed by atoms with Gasteiger partial charge in [0.05, 0.1) is 0 Å². The second-order valence-electron chi connectivity index (χ2n) is 6.06. The largest absolute Gasteiger partial charge is 0.368 e. The maximum atomic E-state index is 11.9. The summed E-state index contributed by atoms with van der Waals surface area (Å²) >= 11 is 0. The molecule has 116 valence electrons. The molecule has 2 heterocycles. The summed E-state index contributed by atoms with van der Waals surface area (Å²) in [4.78, 5) is 18.3. The van der Waals surface area contributed by atoms with Crippen molar-refractivity contribution in [2.75, 3.05) is 13.6 Å². The highest BCUT2D eigenvalue weighted by molar-refractivity contribution is 5.81. The highest BCUT2D eigenvalue weighted by Crippen LogP contribution is 2.24. The van der Waals surface area contributed by atoms with Gasteiger partial charge >= 0.3 is 0 Å². The van der Waals surface area contributed by atoms with Gasteiger partial charge in [-0.1, -0.05) is 30.3 Å². The van der Waals surface area contributed by atoms with E-state index < -0.39 is 0 Å². The molecule has 1 aromatic carbocycles. The molecule has 2 N–H and O–H groups in total. The van der Waals surface area contributed by atoms with E-state index >= 15 is 0 Å². The minimum Gasteiger partial charge on any atom is -0.368 e. The number of benzene rings is 1. The number of imidazole rings is 1. The molecule has 5 nitrogen and oxygen atoms in total. The van der Waals surface area contributed by atoms with Crippen LogP contribution in [0.15, 0.2) is 42.7 Å². The monoisotopic (exact) mass is 298 g/mol. The van der Waals surface area contributed by atoms with Gasteiger partial charge < -0.3 is 10.3 Å². The number of likely N-dealkylation sites (N-methyl/N-ethyl adjacent to an activating group) is 1. The Hall–Kier alpha value is -2.14. The van der Waals surface area contributed by atoms with Gasteiger partial charge in [0.2, 0.25) is 5.91 Å². The van der Waals surface area contributed by atoms with Crippen LogP contribution in [0.5, 0.6) is 0 Å². The molecular weight excluding hydrogens is 276 g/mol. The minimum absolute atomic E-state index is 0.298. The average molecular weight is 298 g/mol. The number of rotatable bonds is 5. The van der Waals surface area contributed by atoms with Gasteiger partial charge in [0.1, 0.15) is 11.9 Å². The first kappa shape index (κ1) is 14.8. The van der Waals surface area contributed by atoms with Crippen molar-refractivity contribution in [2.24, 2.45) is 11.7 Å². The quantitative estimate of drug-likeness (QED) is 0.912. The zero-order valence-corrected chi connectivity index (χ0v) is 12.9. The number of aryl methyl sites for hydroxylation is 1.